The molecule has 1 aromatic heterocycles. The van der Waals surface area contributed by atoms with E-state index in [0.29, 0.717) is 30.1 Å². The number of aromatic amines is 1. The van der Waals surface area contributed by atoms with Crippen LogP contribution in [0.5, 0.6) is 0 Å². The number of rotatable bonds is 7. The summed E-state index contributed by atoms with van der Waals surface area (Å²) in [4.78, 5) is 29.2. The summed E-state index contributed by atoms with van der Waals surface area (Å²) < 4.78 is 0. The molecule has 1 rings (SSSR count). The average molecular weight is 344 g/mol. The van der Waals surface area contributed by atoms with Gasteiger partial charge in [0, 0.05) is 30.9 Å². The molecule has 0 saturated carbocycles. The van der Waals surface area contributed by atoms with Gasteiger partial charge < -0.3 is 15.6 Å². The molecule has 0 aliphatic rings. The zero-order valence-electron chi connectivity index (χ0n) is 15.0. The Hall–Kier alpha value is -1.33. The first-order valence-electron chi connectivity index (χ1n) is 7.94. The lowest BCUT2D eigenvalue weighted by Crippen LogP contribution is -2.35. The first-order valence-corrected chi connectivity index (χ1v) is 7.94. The van der Waals surface area contributed by atoms with Crippen LogP contribution in [0.3, 0.4) is 0 Å². The molecular formula is C17H30ClN3O2. The van der Waals surface area contributed by atoms with Crippen LogP contribution < -0.4 is 5.73 Å². The van der Waals surface area contributed by atoms with E-state index in [0.717, 1.165) is 17.7 Å². The number of halogens is 1. The van der Waals surface area contributed by atoms with E-state index >= 15 is 0 Å². The topological polar surface area (TPSA) is 79.2 Å². The number of nitrogens with one attached hydrogen (secondary N) is 1. The van der Waals surface area contributed by atoms with Gasteiger partial charge >= 0.3 is 0 Å². The number of carbonyl (C=O) groups is 2. The van der Waals surface area contributed by atoms with E-state index in [2.05, 4.69) is 18.8 Å². The molecule has 0 spiro atoms. The molecule has 6 heteroatoms. The minimum Gasteiger partial charge on any atom is -0.354 e. The van der Waals surface area contributed by atoms with Gasteiger partial charge in [-0.1, -0.05) is 20.8 Å². The van der Waals surface area contributed by atoms with Crippen LogP contribution in [0, 0.1) is 12.8 Å². The van der Waals surface area contributed by atoms with Gasteiger partial charge in [-0.3, -0.25) is 9.59 Å². The molecule has 1 amide bonds. The summed E-state index contributed by atoms with van der Waals surface area (Å²) in [6, 6.07) is 0.0825. The Kier molecular flexibility index (Phi) is 8.56. The zero-order valence-corrected chi connectivity index (χ0v) is 15.8. The van der Waals surface area contributed by atoms with E-state index in [9.17, 15) is 9.59 Å². The lowest BCUT2D eigenvalue weighted by Gasteiger charge is -2.21. The number of hydrogen-bond acceptors (Lipinski definition) is 3. The van der Waals surface area contributed by atoms with Crippen LogP contribution in [-0.2, 0) is 6.42 Å². The third kappa shape index (κ3) is 5.08. The van der Waals surface area contributed by atoms with Crippen LogP contribution in [0.4, 0.5) is 0 Å². The Labute approximate surface area is 145 Å². The predicted octanol–water partition coefficient (Wildman–Crippen LogP) is 2.96. The Morgan fingerprint density at radius 2 is 1.87 bits per heavy atom. The summed E-state index contributed by atoms with van der Waals surface area (Å²) in [7, 11) is 1.78. The van der Waals surface area contributed by atoms with Crippen LogP contribution in [-0.4, -0.2) is 41.2 Å². The van der Waals surface area contributed by atoms with Crippen LogP contribution >= 0.6 is 12.4 Å². The Morgan fingerprint density at radius 1 is 1.30 bits per heavy atom. The standard InChI is InChI=1S/C17H29N3O2.ClH/c1-7-13-15(12(5)21)11(4)19-16(13)17(22)20(6)9-8-14(18)10(2)3;/h10,14,19H,7-9,18H2,1-6H3;1H. The van der Waals surface area contributed by atoms with Crippen LogP contribution in [0.25, 0.3) is 0 Å². The average Bonchev–Trinajstić information content (AvgIpc) is 2.79. The maximum atomic E-state index is 12.6. The maximum Gasteiger partial charge on any atom is 0.270 e. The molecule has 1 atom stereocenters. The molecule has 3 N–H and O–H groups in total. The molecule has 23 heavy (non-hydrogen) atoms. The molecular weight excluding hydrogens is 314 g/mol. The Bertz CT molecular complexity index is 552. The van der Waals surface area contributed by atoms with E-state index in [1.807, 2.05) is 13.8 Å². The number of carbonyl (C=O) groups excluding carboxylic acids is 2. The second-order valence-corrected chi connectivity index (χ2v) is 6.31. The molecule has 1 heterocycles. The number of H-pyrrole nitrogens is 1. The minimum atomic E-state index is -0.0802. The summed E-state index contributed by atoms with van der Waals surface area (Å²) in [6.07, 6.45) is 1.42. The number of aryl methyl sites for hydroxylation is 1. The quantitative estimate of drug-likeness (QED) is 0.747. The molecule has 132 valence electrons. The second kappa shape index (κ2) is 9.08. The highest BCUT2D eigenvalue weighted by molar-refractivity contribution is 6.02. The zero-order chi connectivity index (χ0) is 17.0. The van der Waals surface area contributed by atoms with Crippen molar-refractivity contribution in [2.45, 2.75) is 53.5 Å². The molecule has 1 aromatic rings. The number of Topliss-reactive ketones (excluding diaryl/α,β-unsaturated/α-hetero) is 1. The molecule has 0 saturated heterocycles. The van der Waals surface area contributed by atoms with Crippen LogP contribution in [0.15, 0.2) is 0 Å². The van der Waals surface area contributed by atoms with Gasteiger partial charge in [0.2, 0.25) is 0 Å². The van der Waals surface area contributed by atoms with Crippen molar-refractivity contribution < 1.29 is 9.59 Å². The number of aromatic nitrogens is 1. The first kappa shape index (κ1) is 21.7. The van der Waals surface area contributed by atoms with Gasteiger partial charge in [-0.25, -0.2) is 0 Å². The fourth-order valence-corrected chi connectivity index (χ4v) is 2.66. The fourth-order valence-electron chi connectivity index (χ4n) is 2.66. The summed E-state index contributed by atoms with van der Waals surface area (Å²) in [5, 5.41) is 0. The lowest BCUT2D eigenvalue weighted by molar-refractivity contribution is 0.0783. The van der Waals surface area contributed by atoms with Gasteiger partial charge in [0.05, 0.1) is 0 Å². The smallest absolute Gasteiger partial charge is 0.270 e. The maximum absolute atomic E-state index is 12.6. The van der Waals surface area contributed by atoms with Crippen molar-refractivity contribution in [1.82, 2.24) is 9.88 Å². The molecule has 0 fully saturated rings. The van der Waals surface area contributed by atoms with Crippen molar-refractivity contribution >= 4 is 24.1 Å². The normalized spacial score (nSPS) is 12.0. The minimum absolute atomic E-state index is 0. The van der Waals surface area contributed by atoms with Gasteiger partial charge in [-0.05, 0) is 38.2 Å². The van der Waals surface area contributed by atoms with E-state index in [-0.39, 0.29) is 30.1 Å². The molecule has 0 aromatic carbocycles. The number of nitrogens with zero attached hydrogens (tertiary/aromatic N) is 1. The van der Waals surface area contributed by atoms with Crippen molar-refractivity contribution in [3.05, 3.63) is 22.5 Å². The molecule has 1 unspecified atom stereocenters. The molecule has 0 bridgehead atoms. The summed E-state index contributed by atoms with van der Waals surface area (Å²) >= 11 is 0. The number of ketones is 1. The lowest BCUT2D eigenvalue weighted by atomic mass is 10.0. The highest BCUT2D eigenvalue weighted by atomic mass is 35.5. The highest BCUT2D eigenvalue weighted by Crippen LogP contribution is 2.21. The molecule has 5 nitrogen and oxygen atoms in total. The largest absolute Gasteiger partial charge is 0.354 e. The third-order valence-corrected chi connectivity index (χ3v) is 4.21. The van der Waals surface area contributed by atoms with Crippen LogP contribution in [0.2, 0.25) is 0 Å². The molecule has 0 aliphatic carbocycles. The van der Waals surface area contributed by atoms with E-state index in [1.54, 1.807) is 11.9 Å². The van der Waals surface area contributed by atoms with Crippen molar-refractivity contribution in [1.29, 1.82) is 0 Å². The summed E-state index contributed by atoms with van der Waals surface area (Å²) in [5.74, 6) is 0.310. The van der Waals surface area contributed by atoms with Gasteiger partial charge in [0.25, 0.3) is 5.91 Å². The Balaban J connectivity index is 0.00000484. The molecule has 0 aliphatic heterocycles. The van der Waals surface area contributed by atoms with E-state index in [1.165, 1.54) is 6.92 Å². The monoisotopic (exact) mass is 343 g/mol. The predicted molar refractivity (Wildman–Crippen MR) is 96.6 cm³/mol. The third-order valence-electron chi connectivity index (χ3n) is 4.21. The van der Waals surface area contributed by atoms with Gasteiger partial charge in [-0.2, -0.15) is 0 Å². The number of hydrogen-bond donors (Lipinski definition) is 2. The summed E-state index contributed by atoms with van der Waals surface area (Å²) in [6.45, 7) is 10.1. The van der Waals surface area contributed by atoms with Crippen molar-refractivity contribution in [3.8, 4) is 0 Å². The van der Waals surface area contributed by atoms with E-state index in [4.69, 9.17) is 5.73 Å². The number of amides is 1. The van der Waals surface area contributed by atoms with Crippen molar-refractivity contribution in [2.24, 2.45) is 11.7 Å². The fraction of sp³-hybridized carbons (Fsp3) is 0.647. The van der Waals surface area contributed by atoms with E-state index < -0.39 is 0 Å². The van der Waals surface area contributed by atoms with Gasteiger partial charge in [-0.15, -0.1) is 12.4 Å². The van der Waals surface area contributed by atoms with Crippen LogP contribution in [0.1, 0.15) is 66.2 Å². The van der Waals surface area contributed by atoms with Gasteiger partial charge in [0.1, 0.15) is 5.69 Å². The van der Waals surface area contributed by atoms with Crippen molar-refractivity contribution in [3.63, 3.8) is 0 Å². The SMILES string of the molecule is CCc1c(C(=O)N(C)CCC(N)C(C)C)[nH]c(C)c1C(C)=O.Cl. The first-order chi connectivity index (χ1) is 10.2. The number of nitrogens with two attached hydrogens (primary N) is 1. The van der Waals surface area contributed by atoms with Crippen molar-refractivity contribution in [2.75, 3.05) is 13.6 Å². The molecule has 0 radical (unpaired) electrons. The second-order valence-electron chi connectivity index (χ2n) is 6.31. The van der Waals surface area contributed by atoms with Gasteiger partial charge in [0.15, 0.2) is 5.78 Å². The summed E-state index contributed by atoms with van der Waals surface area (Å²) in [5.41, 5.74) is 8.80. The Morgan fingerprint density at radius 3 is 2.30 bits per heavy atom. The highest BCUT2D eigenvalue weighted by Gasteiger charge is 2.24.